The number of benzene rings is 2. The number of carbonyl (C=O) groups is 2. The van der Waals surface area contributed by atoms with E-state index in [9.17, 15) is 9.59 Å². The Bertz CT molecular complexity index is 952. The maximum absolute atomic E-state index is 11.6. The monoisotopic (exact) mass is 367 g/mol. The van der Waals surface area contributed by atoms with Crippen molar-refractivity contribution in [2.24, 2.45) is 0 Å². The van der Waals surface area contributed by atoms with E-state index < -0.39 is 0 Å². The number of rotatable bonds is 6. The molecule has 3 aromatic rings. The Morgan fingerprint density at radius 2 is 1.92 bits per heavy atom. The summed E-state index contributed by atoms with van der Waals surface area (Å²) in [5.74, 6) is 0.552. The minimum absolute atomic E-state index is 0.216. The van der Waals surface area contributed by atoms with Gasteiger partial charge in [0, 0.05) is 5.39 Å². The number of nitrogens with one attached hydrogen (secondary N) is 1. The largest absolute Gasteiger partial charge is 0.492 e. The van der Waals surface area contributed by atoms with E-state index in [1.54, 1.807) is 0 Å². The molecular formula is C19H17N3O3S. The number of ether oxygens (including phenoxy) is 1. The summed E-state index contributed by atoms with van der Waals surface area (Å²) < 4.78 is 7.72. The van der Waals surface area contributed by atoms with Gasteiger partial charge >= 0.3 is 0 Å². The quantitative estimate of drug-likeness (QED) is 0.725. The van der Waals surface area contributed by atoms with Crippen LogP contribution in [0.25, 0.3) is 10.9 Å². The second-order valence-corrected chi connectivity index (χ2v) is 7.18. The molecular weight excluding hydrogens is 350 g/mol. The fourth-order valence-electron chi connectivity index (χ4n) is 2.92. The third-order valence-corrected chi connectivity index (χ3v) is 5.22. The number of thioether (sulfide) groups is 1. The van der Waals surface area contributed by atoms with Crippen molar-refractivity contribution in [3.8, 4) is 5.75 Å². The molecule has 1 aromatic heterocycles. The normalized spacial score (nSPS) is 16.8. The number of hydrogen-bond acceptors (Lipinski definition) is 5. The lowest BCUT2D eigenvalue weighted by atomic mass is 10.1. The average molecular weight is 367 g/mol. The van der Waals surface area contributed by atoms with Gasteiger partial charge in [0.15, 0.2) is 0 Å². The molecule has 1 fully saturated rings. The third kappa shape index (κ3) is 3.57. The maximum Gasteiger partial charge on any atom is 0.286 e. The second-order valence-electron chi connectivity index (χ2n) is 6.01. The Morgan fingerprint density at radius 3 is 2.69 bits per heavy atom. The Morgan fingerprint density at radius 1 is 1.12 bits per heavy atom. The van der Waals surface area contributed by atoms with Crippen molar-refractivity contribution in [2.45, 2.75) is 18.2 Å². The van der Waals surface area contributed by atoms with Crippen molar-refractivity contribution in [1.29, 1.82) is 0 Å². The first-order valence-electron chi connectivity index (χ1n) is 8.33. The van der Waals surface area contributed by atoms with Crippen LogP contribution in [0.3, 0.4) is 0 Å². The summed E-state index contributed by atoms with van der Waals surface area (Å²) in [5, 5.41) is 7.18. The van der Waals surface area contributed by atoms with E-state index >= 15 is 0 Å². The first kappa shape index (κ1) is 16.7. The van der Waals surface area contributed by atoms with Crippen LogP contribution in [-0.2, 0) is 17.8 Å². The Hall–Kier alpha value is -2.80. The van der Waals surface area contributed by atoms with E-state index in [2.05, 4.69) is 10.4 Å². The summed E-state index contributed by atoms with van der Waals surface area (Å²) >= 11 is 1.05. The first-order valence-corrected chi connectivity index (χ1v) is 9.21. The van der Waals surface area contributed by atoms with Crippen LogP contribution in [0.1, 0.15) is 5.56 Å². The van der Waals surface area contributed by atoms with E-state index in [-0.39, 0.29) is 16.4 Å². The number of imide groups is 1. The lowest BCUT2D eigenvalue weighted by molar-refractivity contribution is -0.118. The van der Waals surface area contributed by atoms with Gasteiger partial charge in [0.25, 0.3) is 5.24 Å². The lowest BCUT2D eigenvalue weighted by Gasteiger charge is -2.09. The zero-order chi connectivity index (χ0) is 17.9. The van der Waals surface area contributed by atoms with E-state index in [1.807, 2.05) is 59.4 Å². The number of nitrogens with zero attached hydrogens (tertiary/aromatic N) is 2. The van der Waals surface area contributed by atoms with Gasteiger partial charge in [0.1, 0.15) is 12.4 Å². The average Bonchev–Trinajstić information content (AvgIpc) is 3.19. The van der Waals surface area contributed by atoms with E-state index in [1.165, 1.54) is 0 Å². The first-order chi connectivity index (χ1) is 12.7. The molecule has 26 heavy (non-hydrogen) atoms. The molecule has 1 saturated heterocycles. The highest BCUT2D eigenvalue weighted by molar-refractivity contribution is 8.15. The number of carbonyl (C=O) groups excluding carboxylic acids is 2. The van der Waals surface area contributed by atoms with Gasteiger partial charge in [-0.3, -0.25) is 19.6 Å². The lowest BCUT2D eigenvalue weighted by Crippen LogP contribution is -2.25. The fraction of sp³-hybridized carbons (Fsp3) is 0.211. The molecule has 0 aliphatic carbocycles. The van der Waals surface area contributed by atoms with E-state index in [0.29, 0.717) is 19.6 Å². The van der Waals surface area contributed by atoms with Crippen LogP contribution in [0, 0.1) is 0 Å². The molecule has 0 bridgehead atoms. The van der Waals surface area contributed by atoms with E-state index in [0.717, 1.165) is 34.0 Å². The van der Waals surface area contributed by atoms with Gasteiger partial charge in [-0.1, -0.05) is 42.1 Å². The molecule has 0 radical (unpaired) electrons. The number of para-hydroxylation sites is 1. The standard InChI is InChI=1S/C19H17N3O3S/c23-18-17(26-19(24)21-18)11-13-5-7-15(8-6-13)25-10-9-22-16-4-2-1-3-14(16)12-20-22/h1-8,12,17H,9-11H2,(H,21,23,24). The van der Waals surface area contributed by atoms with Crippen LogP contribution in [0.5, 0.6) is 5.75 Å². The summed E-state index contributed by atoms with van der Waals surface area (Å²) in [4.78, 5) is 22.8. The number of aromatic nitrogens is 2. The summed E-state index contributed by atoms with van der Waals surface area (Å²) in [7, 11) is 0. The molecule has 1 atom stereocenters. The van der Waals surface area contributed by atoms with Gasteiger partial charge in [-0.25, -0.2) is 0 Å². The molecule has 1 N–H and O–H groups in total. The molecule has 7 heteroatoms. The van der Waals surface area contributed by atoms with Crippen molar-refractivity contribution in [3.05, 3.63) is 60.3 Å². The predicted octanol–water partition coefficient (Wildman–Crippen LogP) is 3.01. The topological polar surface area (TPSA) is 73.2 Å². The van der Waals surface area contributed by atoms with Crippen LogP contribution >= 0.6 is 11.8 Å². The highest BCUT2D eigenvalue weighted by Gasteiger charge is 2.31. The number of amides is 2. The van der Waals surface area contributed by atoms with Crippen molar-refractivity contribution in [3.63, 3.8) is 0 Å². The van der Waals surface area contributed by atoms with Crippen LogP contribution in [0.15, 0.2) is 54.7 Å². The SMILES string of the molecule is O=C1NC(=O)C(Cc2ccc(OCCn3ncc4ccccc43)cc2)S1. The van der Waals surface area contributed by atoms with Crippen LogP contribution in [0.2, 0.25) is 0 Å². The van der Waals surface area contributed by atoms with Crippen molar-refractivity contribution in [1.82, 2.24) is 15.1 Å². The molecule has 1 aliphatic rings. The van der Waals surface area contributed by atoms with Crippen molar-refractivity contribution < 1.29 is 14.3 Å². The van der Waals surface area contributed by atoms with Crippen LogP contribution in [0.4, 0.5) is 4.79 Å². The van der Waals surface area contributed by atoms with E-state index in [4.69, 9.17) is 4.74 Å². The third-order valence-electron chi connectivity index (χ3n) is 4.23. The predicted molar refractivity (Wildman–Crippen MR) is 100 cm³/mol. The number of fused-ring (bicyclic) bond motifs is 1. The van der Waals surface area contributed by atoms with Crippen LogP contribution < -0.4 is 10.1 Å². The van der Waals surface area contributed by atoms with Gasteiger partial charge in [0.2, 0.25) is 5.91 Å². The maximum atomic E-state index is 11.6. The zero-order valence-corrected chi connectivity index (χ0v) is 14.7. The van der Waals surface area contributed by atoms with Crippen molar-refractivity contribution in [2.75, 3.05) is 6.61 Å². The van der Waals surface area contributed by atoms with Crippen LogP contribution in [-0.4, -0.2) is 32.8 Å². The molecule has 2 amide bonds. The molecule has 2 heterocycles. The molecule has 0 saturated carbocycles. The fourth-order valence-corrected chi connectivity index (χ4v) is 3.78. The molecule has 4 rings (SSSR count). The highest BCUT2D eigenvalue weighted by Crippen LogP contribution is 2.24. The molecule has 0 spiro atoms. The summed E-state index contributed by atoms with van der Waals surface area (Å²) in [6.07, 6.45) is 2.38. The highest BCUT2D eigenvalue weighted by atomic mass is 32.2. The minimum atomic E-state index is -0.345. The zero-order valence-electron chi connectivity index (χ0n) is 13.9. The Balaban J connectivity index is 1.31. The molecule has 6 nitrogen and oxygen atoms in total. The number of hydrogen-bond donors (Lipinski definition) is 1. The van der Waals surface area contributed by atoms with Gasteiger partial charge < -0.3 is 4.74 Å². The van der Waals surface area contributed by atoms with Gasteiger partial charge in [-0.05, 0) is 30.2 Å². The summed E-state index contributed by atoms with van der Waals surface area (Å²) in [5.41, 5.74) is 2.09. The van der Waals surface area contributed by atoms with Gasteiger partial charge in [-0.2, -0.15) is 5.10 Å². The molecule has 1 unspecified atom stereocenters. The smallest absolute Gasteiger partial charge is 0.286 e. The molecule has 2 aromatic carbocycles. The van der Waals surface area contributed by atoms with Crippen molar-refractivity contribution >= 4 is 33.8 Å². The summed E-state index contributed by atoms with van der Waals surface area (Å²) in [6, 6.07) is 15.7. The molecule has 1 aliphatic heterocycles. The van der Waals surface area contributed by atoms with Gasteiger partial charge in [-0.15, -0.1) is 0 Å². The minimum Gasteiger partial charge on any atom is -0.492 e. The Labute approximate surface area is 154 Å². The molecule has 132 valence electrons. The van der Waals surface area contributed by atoms with Gasteiger partial charge in [0.05, 0.1) is 23.5 Å². The second kappa shape index (κ2) is 7.21. The summed E-state index contributed by atoms with van der Waals surface area (Å²) in [6.45, 7) is 1.18. The Kier molecular flexibility index (Phi) is 4.62.